The lowest BCUT2D eigenvalue weighted by molar-refractivity contribution is -0.130. The molecule has 4 heteroatoms. The van der Waals surface area contributed by atoms with Crippen molar-refractivity contribution in [2.45, 2.75) is 31.9 Å². The van der Waals surface area contributed by atoms with Gasteiger partial charge in [0.25, 0.3) is 0 Å². The quantitative estimate of drug-likeness (QED) is 0.751. The summed E-state index contributed by atoms with van der Waals surface area (Å²) in [5, 5.41) is 0.489. The number of carbonyl (C=O) groups is 2. The van der Waals surface area contributed by atoms with Crippen LogP contribution in [0.3, 0.4) is 0 Å². The molecule has 0 saturated heterocycles. The molecule has 3 rings (SSSR count). The molecule has 1 fully saturated rings. The van der Waals surface area contributed by atoms with Gasteiger partial charge in [-0.25, -0.2) is 4.39 Å². The Kier molecular flexibility index (Phi) is 4.58. The van der Waals surface area contributed by atoms with E-state index in [0.29, 0.717) is 23.4 Å². The monoisotopic (exact) mass is 330 g/mol. The highest BCUT2D eigenvalue weighted by Gasteiger charge is 2.26. The topological polar surface area (TPSA) is 34.1 Å². The van der Waals surface area contributed by atoms with Gasteiger partial charge in [0.15, 0.2) is 0 Å². The Bertz CT molecular complexity index is 754. The lowest BCUT2D eigenvalue weighted by Crippen LogP contribution is -2.21. The zero-order valence-corrected chi connectivity index (χ0v) is 13.3. The molecule has 0 spiro atoms. The van der Waals surface area contributed by atoms with Crippen LogP contribution in [0.1, 0.15) is 36.3 Å². The fraction of sp³-hybridized carbons (Fsp3) is 0.263. The number of carbonyl (C=O) groups excluding carboxylic acids is 2. The smallest absolute Gasteiger partial charge is 0.140 e. The van der Waals surface area contributed by atoms with Gasteiger partial charge in [0.1, 0.15) is 18.2 Å². The van der Waals surface area contributed by atoms with Crippen LogP contribution in [0.25, 0.3) is 11.1 Å². The van der Waals surface area contributed by atoms with Gasteiger partial charge in [0.05, 0.1) is 6.42 Å². The van der Waals surface area contributed by atoms with Gasteiger partial charge < -0.3 is 0 Å². The Morgan fingerprint density at radius 3 is 2.43 bits per heavy atom. The number of rotatable bonds is 3. The minimum atomic E-state index is -0.571. The van der Waals surface area contributed by atoms with Crippen LogP contribution in [0.15, 0.2) is 42.5 Å². The maximum Gasteiger partial charge on any atom is 0.140 e. The molecule has 1 aliphatic carbocycles. The van der Waals surface area contributed by atoms with E-state index in [1.807, 2.05) is 24.3 Å². The molecule has 0 atom stereocenters. The van der Waals surface area contributed by atoms with E-state index < -0.39 is 6.67 Å². The highest BCUT2D eigenvalue weighted by atomic mass is 35.5. The number of benzene rings is 2. The summed E-state index contributed by atoms with van der Waals surface area (Å²) < 4.78 is 12.9. The predicted molar refractivity (Wildman–Crippen MR) is 88.3 cm³/mol. The lowest BCUT2D eigenvalue weighted by Gasteiger charge is -2.21. The molecule has 2 aromatic carbocycles. The molecular weight excluding hydrogens is 315 g/mol. The Balaban J connectivity index is 1.95. The Labute approximate surface area is 139 Å². The first kappa shape index (κ1) is 15.9. The Morgan fingerprint density at radius 1 is 1.00 bits per heavy atom. The molecule has 0 unspecified atom stereocenters. The van der Waals surface area contributed by atoms with Crippen LogP contribution >= 0.6 is 11.6 Å². The molecule has 1 saturated carbocycles. The first-order valence-electron chi connectivity index (χ1n) is 7.54. The zero-order chi connectivity index (χ0) is 16.4. The van der Waals surface area contributed by atoms with E-state index in [9.17, 15) is 14.0 Å². The van der Waals surface area contributed by atoms with Gasteiger partial charge in [0, 0.05) is 17.9 Å². The number of alkyl halides is 1. The summed E-state index contributed by atoms with van der Waals surface area (Å²) in [6.45, 7) is -0.571. The average molecular weight is 331 g/mol. The molecule has 23 heavy (non-hydrogen) atoms. The van der Waals surface area contributed by atoms with E-state index in [0.717, 1.165) is 16.7 Å². The normalized spacial score (nSPS) is 15.9. The predicted octanol–water partition coefficient (Wildman–Crippen LogP) is 4.88. The fourth-order valence-electron chi connectivity index (χ4n) is 3.09. The second-order valence-electron chi connectivity index (χ2n) is 5.97. The molecule has 0 N–H and O–H groups in total. The summed E-state index contributed by atoms with van der Waals surface area (Å²) in [5.41, 5.74) is 3.23. The van der Waals surface area contributed by atoms with E-state index in [-0.39, 0.29) is 23.9 Å². The third kappa shape index (κ3) is 3.67. The highest BCUT2D eigenvalue weighted by molar-refractivity contribution is 6.31. The molecular formula is C19H16ClFO2. The van der Waals surface area contributed by atoms with Crippen molar-refractivity contribution in [3.8, 4) is 11.1 Å². The lowest BCUT2D eigenvalue weighted by atomic mass is 9.82. The largest absolute Gasteiger partial charge is 0.299 e. The second-order valence-corrected chi connectivity index (χ2v) is 6.40. The van der Waals surface area contributed by atoms with Crippen molar-refractivity contribution in [2.75, 3.05) is 0 Å². The van der Waals surface area contributed by atoms with Gasteiger partial charge in [-0.15, -0.1) is 0 Å². The molecule has 0 aliphatic heterocycles. The summed E-state index contributed by atoms with van der Waals surface area (Å²) in [5.74, 6) is -0.0678. The number of hydrogen-bond acceptors (Lipinski definition) is 2. The molecule has 0 amide bonds. The van der Waals surface area contributed by atoms with Crippen molar-refractivity contribution >= 4 is 23.2 Å². The first-order valence-corrected chi connectivity index (χ1v) is 7.92. The van der Waals surface area contributed by atoms with E-state index in [1.54, 1.807) is 18.2 Å². The summed E-state index contributed by atoms with van der Waals surface area (Å²) in [6, 6.07) is 12.9. The van der Waals surface area contributed by atoms with Gasteiger partial charge >= 0.3 is 0 Å². The third-order valence-electron chi connectivity index (χ3n) is 4.15. The van der Waals surface area contributed by atoms with Crippen molar-refractivity contribution in [3.05, 3.63) is 58.6 Å². The minimum Gasteiger partial charge on any atom is -0.299 e. The zero-order valence-electron chi connectivity index (χ0n) is 12.5. The Morgan fingerprint density at radius 2 is 1.74 bits per heavy atom. The van der Waals surface area contributed by atoms with Gasteiger partial charge in [0.2, 0.25) is 0 Å². The molecule has 0 radical (unpaired) electrons. The second kappa shape index (κ2) is 6.63. The van der Waals surface area contributed by atoms with Crippen LogP contribution in [0.4, 0.5) is 4.39 Å². The number of hydrogen-bond donors (Lipinski definition) is 0. The fourth-order valence-corrected chi connectivity index (χ4v) is 3.35. The third-order valence-corrected chi connectivity index (χ3v) is 4.36. The van der Waals surface area contributed by atoms with Crippen LogP contribution in [0.5, 0.6) is 0 Å². The van der Waals surface area contributed by atoms with E-state index >= 15 is 0 Å². The minimum absolute atomic E-state index is 0.000811. The van der Waals surface area contributed by atoms with Crippen LogP contribution in [0, 0.1) is 0 Å². The van der Waals surface area contributed by atoms with Crippen molar-refractivity contribution in [2.24, 2.45) is 0 Å². The summed E-state index contributed by atoms with van der Waals surface area (Å²) in [6.07, 6.45) is 0.866. The SMILES string of the molecule is O=C1CC(=O)CC(c2cccc(-c3cc(Cl)cc(CF)c3)c2)C1. The van der Waals surface area contributed by atoms with Gasteiger partial charge in [-0.1, -0.05) is 35.9 Å². The van der Waals surface area contributed by atoms with Crippen molar-refractivity contribution < 1.29 is 14.0 Å². The molecule has 1 aliphatic rings. The molecule has 0 bridgehead atoms. The van der Waals surface area contributed by atoms with Crippen LogP contribution < -0.4 is 0 Å². The molecule has 2 aromatic rings. The van der Waals surface area contributed by atoms with Crippen molar-refractivity contribution in [1.82, 2.24) is 0 Å². The maximum absolute atomic E-state index is 12.9. The van der Waals surface area contributed by atoms with E-state index in [1.165, 1.54) is 0 Å². The van der Waals surface area contributed by atoms with Crippen LogP contribution in [-0.4, -0.2) is 11.6 Å². The van der Waals surface area contributed by atoms with E-state index in [2.05, 4.69) is 0 Å². The highest BCUT2D eigenvalue weighted by Crippen LogP contribution is 2.33. The standard InChI is InChI=1S/C19H16ClFO2/c20-17-5-12(11-21)4-15(7-17)13-2-1-3-14(6-13)16-8-18(22)10-19(23)9-16/h1-7,16H,8-11H2. The summed E-state index contributed by atoms with van der Waals surface area (Å²) in [4.78, 5) is 23.3. The van der Waals surface area contributed by atoms with Gasteiger partial charge in [-0.2, -0.15) is 0 Å². The van der Waals surface area contributed by atoms with Gasteiger partial charge in [-0.05, 0) is 46.4 Å². The molecule has 0 heterocycles. The summed E-state index contributed by atoms with van der Waals surface area (Å²) in [7, 11) is 0. The average Bonchev–Trinajstić information content (AvgIpc) is 2.53. The Hall–Kier alpha value is -2.00. The number of Topliss-reactive ketones (excluding diaryl/α,β-unsaturated/α-hetero) is 2. The maximum atomic E-state index is 12.9. The van der Waals surface area contributed by atoms with Crippen LogP contribution in [0.2, 0.25) is 5.02 Å². The number of ketones is 2. The molecule has 2 nitrogen and oxygen atoms in total. The van der Waals surface area contributed by atoms with Crippen molar-refractivity contribution in [3.63, 3.8) is 0 Å². The van der Waals surface area contributed by atoms with Crippen molar-refractivity contribution in [1.29, 1.82) is 0 Å². The first-order chi connectivity index (χ1) is 11.0. The number of halogens is 2. The molecule has 118 valence electrons. The van der Waals surface area contributed by atoms with Gasteiger partial charge in [-0.3, -0.25) is 9.59 Å². The molecule has 0 aromatic heterocycles. The van der Waals surface area contributed by atoms with Crippen LogP contribution in [-0.2, 0) is 16.3 Å². The summed E-state index contributed by atoms with van der Waals surface area (Å²) >= 11 is 6.05. The van der Waals surface area contributed by atoms with E-state index in [4.69, 9.17) is 11.6 Å².